The molecule has 0 aromatic rings. The molecule has 0 atom stereocenters. The van der Waals surface area contributed by atoms with Crippen molar-refractivity contribution in [3.63, 3.8) is 0 Å². The van der Waals surface area contributed by atoms with Crippen molar-refractivity contribution in [3.05, 3.63) is 0 Å². The molecule has 1 fully saturated rings. The lowest BCUT2D eigenvalue weighted by atomic mass is 9.72. The fraction of sp³-hybridized carbons (Fsp3) is 1.00. The molecule has 0 saturated heterocycles. The van der Waals surface area contributed by atoms with E-state index in [0.717, 1.165) is 31.1 Å². The molecule has 0 amide bonds. The van der Waals surface area contributed by atoms with E-state index in [1.54, 1.807) is 0 Å². The van der Waals surface area contributed by atoms with Crippen molar-refractivity contribution in [3.8, 4) is 0 Å². The number of rotatable bonds is 3. The lowest BCUT2D eigenvalue weighted by Gasteiger charge is -2.38. The molecule has 0 radical (unpaired) electrons. The van der Waals surface area contributed by atoms with Crippen LogP contribution in [0.1, 0.15) is 59.8 Å². The maximum atomic E-state index is 10.3. The quantitative estimate of drug-likeness (QED) is 0.734. The van der Waals surface area contributed by atoms with Crippen molar-refractivity contribution in [1.29, 1.82) is 0 Å². The third kappa shape index (κ3) is 3.27. The topological polar surface area (TPSA) is 20.2 Å². The molecule has 1 rings (SSSR count). The predicted molar refractivity (Wildman–Crippen MR) is 61.2 cm³/mol. The van der Waals surface area contributed by atoms with Crippen LogP contribution < -0.4 is 0 Å². The van der Waals surface area contributed by atoms with Crippen LogP contribution in [0, 0.1) is 17.8 Å². The smallest absolute Gasteiger partial charge is 0.0650 e. The Kier molecular flexibility index (Phi) is 4.00. The van der Waals surface area contributed by atoms with Gasteiger partial charge < -0.3 is 5.11 Å². The van der Waals surface area contributed by atoms with Crippen LogP contribution in [0.25, 0.3) is 0 Å². The maximum absolute atomic E-state index is 10.3. The Bertz CT molecular complexity index is 164. The summed E-state index contributed by atoms with van der Waals surface area (Å²) >= 11 is 0. The Morgan fingerprint density at radius 1 is 1.14 bits per heavy atom. The van der Waals surface area contributed by atoms with Crippen LogP contribution in [-0.2, 0) is 0 Å². The van der Waals surface area contributed by atoms with Gasteiger partial charge in [0.1, 0.15) is 0 Å². The Morgan fingerprint density at radius 2 is 1.64 bits per heavy atom. The first-order valence-corrected chi connectivity index (χ1v) is 6.15. The highest BCUT2D eigenvalue weighted by Gasteiger charge is 2.34. The first-order chi connectivity index (χ1) is 6.43. The third-order valence-electron chi connectivity index (χ3n) is 3.69. The standard InChI is InChI=1S/C13H26O/c1-10(2)9-13(14)7-5-12(6-8-13)11(3)4/h10-12,14H,5-9H2,1-4H3/t12-,13+. The molecule has 14 heavy (non-hydrogen) atoms. The molecule has 0 aromatic heterocycles. The minimum atomic E-state index is -0.334. The van der Waals surface area contributed by atoms with Gasteiger partial charge in [-0.2, -0.15) is 0 Å². The zero-order chi connectivity index (χ0) is 10.8. The Balaban J connectivity index is 2.41. The highest BCUT2D eigenvalue weighted by Crippen LogP contribution is 2.38. The van der Waals surface area contributed by atoms with Crippen molar-refractivity contribution in [2.45, 2.75) is 65.4 Å². The van der Waals surface area contributed by atoms with Gasteiger partial charge >= 0.3 is 0 Å². The molecular formula is C13H26O. The zero-order valence-corrected chi connectivity index (χ0v) is 10.2. The molecule has 84 valence electrons. The second kappa shape index (κ2) is 4.65. The number of hydrogen-bond acceptors (Lipinski definition) is 1. The summed E-state index contributed by atoms with van der Waals surface area (Å²) in [6.45, 7) is 9.01. The third-order valence-corrected chi connectivity index (χ3v) is 3.69. The summed E-state index contributed by atoms with van der Waals surface area (Å²) in [5, 5.41) is 10.3. The molecule has 0 spiro atoms. The van der Waals surface area contributed by atoms with Gasteiger partial charge in [0.2, 0.25) is 0 Å². The van der Waals surface area contributed by atoms with Crippen molar-refractivity contribution in [2.75, 3.05) is 0 Å². The zero-order valence-electron chi connectivity index (χ0n) is 10.2. The van der Waals surface area contributed by atoms with Gasteiger partial charge in [-0.1, -0.05) is 27.7 Å². The van der Waals surface area contributed by atoms with Crippen LogP contribution >= 0.6 is 0 Å². The van der Waals surface area contributed by atoms with Gasteiger partial charge in [0.25, 0.3) is 0 Å². The van der Waals surface area contributed by atoms with Crippen LogP contribution in [0.2, 0.25) is 0 Å². The van der Waals surface area contributed by atoms with E-state index in [4.69, 9.17) is 0 Å². The van der Waals surface area contributed by atoms with Gasteiger partial charge in [0.05, 0.1) is 5.60 Å². The lowest BCUT2D eigenvalue weighted by molar-refractivity contribution is -0.0309. The normalized spacial score (nSPS) is 34.1. The van der Waals surface area contributed by atoms with Gasteiger partial charge in [0, 0.05) is 0 Å². The Hall–Kier alpha value is -0.0400. The Morgan fingerprint density at radius 3 is 2.00 bits per heavy atom. The lowest BCUT2D eigenvalue weighted by Crippen LogP contribution is -2.36. The minimum Gasteiger partial charge on any atom is -0.390 e. The summed E-state index contributed by atoms with van der Waals surface area (Å²) in [5.74, 6) is 2.26. The minimum absolute atomic E-state index is 0.334. The van der Waals surface area contributed by atoms with E-state index in [-0.39, 0.29) is 5.60 Å². The fourth-order valence-electron chi connectivity index (χ4n) is 2.81. The average molecular weight is 198 g/mol. The molecule has 0 heterocycles. The second-order valence-corrected chi connectivity index (χ2v) is 5.90. The van der Waals surface area contributed by atoms with E-state index in [9.17, 15) is 5.11 Å². The number of hydrogen-bond donors (Lipinski definition) is 1. The molecule has 1 aliphatic carbocycles. The molecule has 0 unspecified atom stereocenters. The largest absolute Gasteiger partial charge is 0.390 e. The second-order valence-electron chi connectivity index (χ2n) is 5.90. The van der Waals surface area contributed by atoms with E-state index in [0.29, 0.717) is 5.92 Å². The molecule has 0 aromatic carbocycles. The summed E-state index contributed by atoms with van der Waals surface area (Å²) in [6.07, 6.45) is 5.47. The van der Waals surface area contributed by atoms with Gasteiger partial charge in [-0.3, -0.25) is 0 Å². The summed E-state index contributed by atoms with van der Waals surface area (Å²) in [6, 6.07) is 0. The highest BCUT2D eigenvalue weighted by molar-refractivity contribution is 4.86. The highest BCUT2D eigenvalue weighted by atomic mass is 16.3. The first kappa shape index (κ1) is 12.0. The van der Waals surface area contributed by atoms with E-state index in [1.807, 2.05) is 0 Å². The molecule has 1 N–H and O–H groups in total. The monoisotopic (exact) mass is 198 g/mol. The van der Waals surface area contributed by atoms with Crippen molar-refractivity contribution < 1.29 is 5.11 Å². The van der Waals surface area contributed by atoms with Gasteiger partial charge in [-0.25, -0.2) is 0 Å². The molecule has 1 nitrogen and oxygen atoms in total. The fourth-order valence-corrected chi connectivity index (χ4v) is 2.81. The SMILES string of the molecule is CC(C)C[C@]1(O)CC[C@@H](C(C)C)CC1. The summed E-state index contributed by atoms with van der Waals surface area (Å²) in [5.41, 5.74) is -0.334. The average Bonchev–Trinajstić information content (AvgIpc) is 2.02. The van der Waals surface area contributed by atoms with Crippen LogP contribution in [0.5, 0.6) is 0 Å². The van der Waals surface area contributed by atoms with Gasteiger partial charge in [-0.15, -0.1) is 0 Å². The van der Waals surface area contributed by atoms with Crippen LogP contribution in [0.15, 0.2) is 0 Å². The first-order valence-electron chi connectivity index (χ1n) is 6.15. The molecule has 0 bridgehead atoms. The molecular weight excluding hydrogens is 172 g/mol. The molecule has 1 aliphatic rings. The number of aliphatic hydroxyl groups is 1. The Labute approximate surface area is 88.9 Å². The van der Waals surface area contributed by atoms with E-state index in [2.05, 4.69) is 27.7 Å². The summed E-state index contributed by atoms with van der Waals surface area (Å²) in [7, 11) is 0. The molecule has 1 heteroatoms. The van der Waals surface area contributed by atoms with Crippen LogP contribution in [0.4, 0.5) is 0 Å². The maximum Gasteiger partial charge on any atom is 0.0650 e. The van der Waals surface area contributed by atoms with Gasteiger partial charge in [-0.05, 0) is 49.9 Å². The summed E-state index contributed by atoms with van der Waals surface area (Å²) < 4.78 is 0. The van der Waals surface area contributed by atoms with Crippen molar-refractivity contribution in [1.82, 2.24) is 0 Å². The predicted octanol–water partition coefficient (Wildman–Crippen LogP) is 3.61. The van der Waals surface area contributed by atoms with E-state index < -0.39 is 0 Å². The van der Waals surface area contributed by atoms with Crippen LogP contribution in [0.3, 0.4) is 0 Å². The van der Waals surface area contributed by atoms with Gasteiger partial charge in [0.15, 0.2) is 0 Å². The van der Waals surface area contributed by atoms with E-state index in [1.165, 1.54) is 12.8 Å². The summed E-state index contributed by atoms with van der Waals surface area (Å²) in [4.78, 5) is 0. The molecule has 1 saturated carbocycles. The van der Waals surface area contributed by atoms with Crippen LogP contribution in [-0.4, -0.2) is 10.7 Å². The van der Waals surface area contributed by atoms with E-state index >= 15 is 0 Å². The van der Waals surface area contributed by atoms with Crippen molar-refractivity contribution in [2.24, 2.45) is 17.8 Å². The molecule has 0 aliphatic heterocycles. The van der Waals surface area contributed by atoms with Crippen molar-refractivity contribution >= 4 is 0 Å².